The standard InChI is InChI=1S/C10H12N2O/c1-11-12(9-13)8-7-10-5-3-2-4-6-10/h2-6,9H,1,7-8H2. The van der Waals surface area contributed by atoms with Crippen molar-refractivity contribution in [2.45, 2.75) is 6.42 Å². The average Bonchev–Trinajstić information content (AvgIpc) is 2.21. The van der Waals surface area contributed by atoms with Crippen molar-refractivity contribution in [3.05, 3.63) is 35.9 Å². The summed E-state index contributed by atoms with van der Waals surface area (Å²) in [6.07, 6.45) is 1.48. The van der Waals surface area contributed by atoms with Crippen LogP contribution in [-0.4, -0.2) is 24.7 Å². The minimum atomic E-state index is 0.580. The summed E-state index contributed by atoms with van der Waals surface area (Å²) in [4.78, 5) is 10.3. The maximum absolute atomic E-state index is 10.3. The second kappa shape index (κ2) is 5.09. The van der Waals surface area contributed by atoms with E-state index in [0.717, 1.165) is 6.42 Å². The maximum Gasteiger partial charge on any atom is 0.229 e. The largest absolute Gasteiger partial charge is 0.277 e. The molecule has 0 saturated heterocycles. The third kappa shape index (κ3) is 3.07. The van der Waals surface area contributed by atoms with E-state index in [-0.39, 0.29) is 0 Å². The summed E-state index contributed by atoms with van der Waals surface area (Å²) in [6, 6.07) is 9.95. The highest BCUT2D eigenvalue weighted by Gasteiger charge is 1.97. The molecule has 0 fully saturated rings. The van der Waals surface area contributed by atoms with Gasteiger partial charge in [0.15, 0.2) is 0 Å². The van der Waals surface area contributed by atoms with Crippen molar-refractivity contribution >= 4 is 13.1 Å². The van der Waals surface area contributed by atoms with Gasteiger partial charge >= 0.3 is 0 Å². The van der Waals surface area contributed by atoms with E-state index < -0.39 is 0 Å². The molecule has 1 rings (SSSR count). The monoisotopic (exact) mass is 176 g/mol. The third-order valence-corrected chi connectivity index (χ3v) is 1.78. The molecule has 0 spiro atoms. The van der Waals surface area contributed by atoms with E-state index in [0.29, 0.717) is 13.0 Å². The van der Waals surface area contributed by atoms with E-state index in [4.69, 9.17) is 0 Å². The van der Waals surface area contributed by atoms with Gasteiger partial charge < -0.3 is 0 Å². The molecule has 0 saturated carbocycles. The lowest BCUT2D eigenvalue weighted by molar-refractivity contribution is -0.118. The molecule has 0 atom stereocenters. The van der Waals surface area contributed by atoms with Crippen LogP contribution < -0.4 is 0 Å². The fraction of sp³-hybridized carbons (Fsp3) is 0.200. The van der Waals surface area contributed by atoms with Gasteiger partial charge in [-0.2, -0.15) is 5.10 Å². The number of hydrogen-bond acceptors (Lipinski definition) is 2. The fourth-order valence-electron chi connectivity index (χ4n) is 1.05. The molecule has 0 aliphatic rings. The summed E-state index contributed by atoms with van der Waals surface area (Å²) >= 11 is 0. The number of hydrazone groups is 1. The smallest absolute Gasteiger partial charge is 0.229 e. The molecule has 0 aliphatic heterocycles. The number of benzene rings is 1. The van der Waals surface area contributed by atoms with E-state index >= 15 is 0 Å². The van der Waals surface area contributed by atoms with E-state index in [1.807, 2.05) is 30.3 Å². The number of rotatable bonds is 5. The van der Waals surface area contributed by atoms with Crippen LogP contribution in [0.1, 0.15) is 5.56 Å². The number of carbonyl (C=O) groups excluding carboxylic acids is 1. The van der Waals surface area contributed by atoms with Crippen molar-refractivity contribution in [1.82, 2.24) is 5.01 Å². The van der Waals surface area contributed by atoms with Gasteiger partial charge in [-0.05, 0) is 12.0 Å². The van der Waals surface area contributed by atoms with Gasteiger partial charge in [0.05, 0.1) is 0 Å². The molecular formula is C10H12N2O. The molecule has 13 heavy (non-hydrogen) atoms. The third-order valence-electron chi connectivity index (χ3n) is 1.78. The van der Waals surface area contributed by atoms with Crippen LogP contribution >= 0.6 is 0 Å². The Morgan fingerprint density at radius 1 is 1.38 bits per heavy atom. The molecule has 0 N–H and O–H groups in total. The highest BCUT2D eigenvalue weighted by molar-refractivity contribution is 5.47. The molecule has 68 valence electrons. The first-order valence-corrected chi connectivity index (χ1v) is 4.09. The molecule has 1 amide bonds. The average molecular weight is 176 g/mol. The fourth-order valence-corrected chi connectivity index (χ4v) is 1.05. The normalized spacial score (nSPS) is 9.23. The van der Waals surface area contributed by atoms with Crippen LogP contribution in [0.4, 0.5) is 0 Å². The number of nitrogens with zero attached hydrogens (tertiary/aromatic N) is 2. The van der Waals surface area contributed by atoms with E-state index in [2.05, 4.69) is 11.8 Å². The first kappa shape index (κ1) is 9.45. The second-order valence-electron chi connectivity index (χ2n) is 2.65. The van der Waals surface area contributed by atoms with Crippen LogP contribution in [-0.2, 0) is 11.2 Å². The Kier molecular flexibility index (Phi) is 3.70. The lowest BCUT2D eigenvalue weighted by Crippen LogP contribution is -2.17. The van der Waals surface area contributed by atoms with Crippen molar-refractivity contribution in [1.29, 1.82) is 0 Å². The van der Waals surface area contributed by atoms with E-state index in [1.54, 1.807) is 0 Å². The Bertz CT molecular complexity index is 264. The van der Waals surface area contributed by atoms with E-state index in [1.165, 1.54) is 10.6 Å². The molecule has 3 nitrogen and oxygen atoms in total. The number of carbonyl (C=O) groups is 1. The number of hydrogen-bond donors (Lipinski definition) is 0. The van der Waals surface area contributed by atoms with Gasteiger partial charge in [-0.3, -0.25) is 4.79 Å². The van der Waals surface area contributed by atoms with Gasteiger partial charge in [0.2, 0.25) is 6.41 Å². The summed E-state index contributed by atoms with van der Waals surface area (Å²) in [5.74, 6) is 0. The van der Waals surface area contributed by atoms with Gasteiger partial charge in [-0.25, -0.2) is 5.01 Å². The zero-order valence-corrected chi connectivity index (χ0v) is 7.39. The molecule has 1 aromatic rings. The molecule has 0 radical (unpaired) electrons. The van der Waals surface area contributed by atoms with Crippen molar-refractivity contribution in [2.24, 2.45) is 5.10 Å². The summed E-state index contributed by atoms with van der Waals surface area (Å²) in [7, 11) is 0. The van der Waals surface area contributed by atoms with Gasteiger partial charge in [0, 0.05) is 13.3 Å². The van der Waals surface area contributed by atoms with Crippen LogP contribution in [0, 0.1) is 0 Å². The lowest BCUT2D eigenvalue weighted by atomic mass is 10.1. The van der Waals surface area contributed by atoms with Crippen LogP contribution in [0.5, 0.6) is 0 Å². The zero-order valence-electron chi connectivity index (χ0n) is 7.39. The SMILES string of the molecule is C=NN(C=O)CCc1ccccc1. The van der Waals surface area contributed by atoms with Crippen molar-refractivity contribution < 1.29 is 4.79 Å². The summed E-state index contributed by atoms with van der Waals surface area (Å²) in [5.41, 5.74) is 1.19. The Morgan fingerprint density at radius 3 is 2.62 bits per heavy atom. The molecule has 3 heteroatoms. The van der Waals surface area contributed by atoms with Crippen molar-refractivity contribution in [3.63, 3.8) is 0 Å². The molecule has 0 aromatic heterocycles. The Hall–Kier alpha value is -1.64. The molecule has 0 unspecified atom stereocenters. The van der Waals surface area contributed by atoms with Crippen molar-refractivity contribution in [3.8, 4) is 0 Å². The van der Waals surface area contributed by atoms with Crippen LogP contribution in [0.2, 0.25) is 0 Å². The van der Waals surface area contributed by atoms with Crippen LogP contribution in [0.25, 0.3) is 0 Å². The van der Waals surface area contributed by atoms with Gasteiger partial charge in [-0.1, -0.05) is 30.3 Å². The summed E-state index contributed by atoms with van der Waals surface area (Å²) < 4.78 is 0. The minimum Gasteiger partial charge on any atom is -0.277 e. The van der Waals surface area contributed by atoms with Crippen LogP contribution in [0.15, 0.2) is 35.4 Å². The number of amides is 1. The van der Waals surface area contributed by atoms with E-state index in [9.17, 15) is 4.79 Å². The Labute approximate surface area is 77.7 Å². The summed E-state index contributed by atoms with van der Waals surface area (Å²) in [6.45, 7) is 3.87. The first-order chi connectivity index (χ1) is 6.36. The van der Waals surface area contributed by atoms with Gasteiger partial charge in [0.1, 0.15) is 0 Å². The molecule has 0 heterocycles. The molecule has 0 aliphatic carbocycles. The Balaban J connectivity index is 2.42. The lowest BCUT2D eigenvalue weighted by Gasteiger charge is -2.09. The quantitative estimate of drug-likeness (QED) is 0.378. The maximum atomic E-state index is 10.3. The van der Waals surface area contributed by atoms with Gasteiger partial charge in [-0.15, -0.1) is 0 Å². The second-order valence-corrected chi connectivity index (χ2v) is 2.65. The first-order valence-electron chi connectivity index (χ1n) is 4.09. The van der Waals surface area contributed by atoms with Gasteiger partial charge in [0.25, 0.3) is 0 Å². The molecule has 1 aromatic carbocycles. The molecular weight excluding hydrogens is 164 g/mol. The predicted molar refractivity (Wildman–Crippen MR) is 52.5 cm³/mol. The zero-order chi connectivity index (χ0) is 9.52. The predicted octanol–water partition coefficient (Wildman–Crippen LogP) is 1.30. The molecule has 0 bridgehead atoms. The summed E-state index contributed by atoms with van der Waals surface area (Å²) in [5, 5.41) is 4.82. The Morgan fingerprint density at radius 2 is 2.08 bits per heavy atom. The van der Waals surface area contributed by atoms with Crippen LogP contribution in [0.3, 0.4) is 0 Å². The minimum absolute atomic E-state index is 0.580. The highest BCUT2D eigenvalue weighted by Crippen LogP contribution is 2.00. The topological polar surface area (TPSA) is 32.7 Å². The highest BCUT2D eigenvalue weighted by atomic mass is 16.1. The van der Waals surface area contributed by atoms with Crippen molar-refractivity contribution in [2.75, 3.05) is 6.54 Å².